The van der Waals surface area contributed by atoms with Gasteiger partial charge in [0.1, 0.15) is 0 Å². The summed E-state index contributed by atoms with van der Waals surface area (Å²) >= 11 is 0. The van der Waals surface area contributed by atoms with Gasteiger partial charge in [0.15, 0.2) is 0 Å². The molecule has 3 heteroatoms. The van der Waals surface area contributed by atoms with Crippen LogP contribution in [0.4, 0.5) is 5.69 Å². The minimum Gasteiger partial charge on any atom is -0.627 e. The van der Waals surface area contributed by atoms with Crippen molar-refractivity contribution < 1.29 is 24.3 Å². The van der Waals surface area contributed by atoms with Crippen LogP contribution >= 0.6 is 0 Å². The Balaban J connectivity index is -0.000000281. The zero-order valence-electron chi connectivity index (χ0n) is 12.7. The number of benzene rings is 1. The van der Waals surface area contributed by atoms with Gasteiger partial charge in [0.25, 0.3) is 0 Å². The second kappa shape index (κ2) is 10.1. The smallest absolute Gasteiger partial charge is 0.627 e. The molecule has 0 saturated heterocycles. The maximum Gasteiger partial charge on any atom is 3.00 e. The molecule has 1 aromatic carbocycles. The van der Waals surface area contributed by atoms with E-state index in [1.165, 1.54) is 23.6 Å². The van der Waals surface area contributed by atoms with E-state index >= 15 is 0 Å². The Bertz CT molecular complexity index is 396. The van der Waals surface area contributed by atoms with Gasteiger partial charge in [-0.05, 0) is 58.2 Å². The van der Waals surface area contributed by atoms with E-state index in [2.05, 4.69) is 26.1 Å². The summed E-state index contributed by atoms with van der Waals surface area (Å²) in [5.74, 6) is -0.135. The van der Waals surface area contributed by atoms with E-state index in [1.54, 1.807) is 0 Å². The van der Waals surface area contributed by atoms with Crippen molar-refractivity contribution in [3.63, 3.8) is 0 Å². The number of nitrogens with zero attached hydrogens (tertiary/aromatic N) is 1. The summed E-state index contributed by atoms with van der Waals surface area (Å²) in [5.41, 5.74) is 6.85. The maximum atomic E-state index is 11.1. The van der Waals surface area contributed by atoms with Crippen LogP contribution in [0.15, 0.2) is 0 Å². The number of amides is 1. The molecular formula is C16H28NORu. The topological polar surface area (TPSA) is 31.2 Å². The van der Waals surface area contributed by atoms with Crippen LogP contribution in [0.25, 0.3) is 5.32 Å². The molecule has 111 valence electrons. The molecule has 1 aromatic rings. The first-order valence-electron chi connectivity index (χ1n) is 5.15. The van der Waals surface area contributed by atoms with Crippen molar-refractivity contribution in [2.45, 2.75) is 49.0 Å². The monoisotopic (exact) mass is 352 g/mol. The normalized spacial score (nSPS) is 8.11. The molecule has 19 heavy (non-hydrogen) atoms. The Hall–Kier alpha value is -0.687. The zero-order chi connectivity index (χ0) is 11.7. The van der Waals surface area contributed by atoms with Gasteiger partial charge in [-0.3, -0.25) is 0 Å². The van der Waals surface area contributed by atoms with Crippen LogP contribution in [0.1, 0.15) is 42.2 Å². The summed E-state index contributed by atoms with van der Waals surface area (Å²) in [7, 11) is 0. The Morgan fingerprint density at radius 3 is 1.32 bits per heavy atom. The number of carbonyl (C=O) groups excluding carboxylic acids is 1. The average Bonchev–Trinajstić information content (AvgIpc) is 2.18. The van der Waals surface area contributed by atoms with Crippen molar-refractivity contribution in [3.05, 3.63) is 48.0 Å². The quantitative estimate of drug-likeness (QED) is 0.498. The van der Waals surface area contributed by atoms with Gasteiger partial charge in [-0.25, -0.2) is 0 Å². The largest absolute Gasteiger partial charge is 3.00 e. The van der Waals surface area contributed by atoms with Crippen molar-refractivity contribution in [1.82, 2.24) is 0 Å². The Morgan fingerprint density at radius 1 is 0.789 bits per heavy atom. The predicted molar refractivity (Wildman–Crippen MR) is 83.4 cm³/mol. The van der Waals surface area contributed by atoms with Crippen molar-refractivity contribution in [1.29, 1.82) is 0 Å². The van der Waals surface area contributed by atoms with Crippen molar-refractivity contribution in [3.8, 4) is 0 Å². The SMILES string of the molecule is C.CC(=O)[N-]c1c(C)c(C)c(C)c(C)c1C.[CH3-].[CH3-].[Ru+3]. The second-order valence-corrected chi connectivity index (χ2v) is 4.10. The molecule has 2 nitrogen and oxygen atoms in total. The summed E-state index contributed by atoms with van der Waals surface area (Å²) in [6.07, 6.45) is 0. The second-order valence-electron chi connectivity index (χ2n) is 4.10. The molecule has 0 atom stereocenters. The number of rotatable bonds is 1. The Kier molecular flexibility index (Phi) is 14.3. The van der Waals surface area contributed by atoms with Gasteiger partial charge in [-0.2, -0.15) is 0 Å². The van der Waals surface area contributed by atoms with Crippen LogP contribution in [-0.4, -0.2) is 5.91 Å². The number of hydrogen-bond acceptors (Lipinski definition) is 1. The summed E-state index contributed by atoms with van der Waals surface area (Å²) in [4.78, 5) is 11.1. The Morgan fingerprint density at radius 2 is 1.05 bits per heavy atom. The van der Waals surface area contributed by atoms with Crippen LogP contribution in [0, 0.1) is 49.5 Å². The van der Waals surface area contributed by atoms with Gasteiger partial charge >= 0.3 is 19.5 Å². The first kappa shape index (κ1) is 26.8. The van der Waals surface area contributed by atoms with E-state index in [4.69, 9.17) is 0 Å². The fourth-order valence-electron chi connectivity index (χ4n) is 1.81. The minimum atomic E-state index is -0.135. The van der Waals surface area contributed by atoms with E-state index in [1.807, 2.05) is 13.8 Å². The molecule has 0 fully saturated rings. The molecule has 0 aliphatic heterocycles. The van der Waals surface area contributed by atoms with Gasteiger partial charge in [-0.1, -0.05) is 18.6 Å². The minimum absolute atomic E-state index is 0. The third-order valence-electron chi connectivity index (χ3n) is 3.23. The standard InChI is InChI=1S/C13H19NO.CH4.2CH3.Ru/c1-7-8(2)10(4)13(14-12(6)15)11(5)9(7)3;;;;/h1-6H3,(H,14,15);1H4;2*1H3;/q;;2*-1;+3/p-1. The molecular weight excluding hydrogens is 323 g/mol. The average molecular weight is 351 g/mol. The molecule has 0 aromatic heterocycles. The van der Waals surface area contributed by atoms with Crippen LogP contribution in [0.2, 0.25) is 0 Å². The van der Waals surface area contributed by atoms with Gasteiger partial charge < -0.3 is 25.0 Å². The zero-order valence-corrected chi connectivity index (χ0v) is 14.4. The van der Waals surface area contributed by atoms with Crippen LogP contribution in [0.5, 0.6) is 0 Å². The van der Waals surface area contributed by atoms with E-state index in [9.17, 15) is 4.79 Å². The van der Waals surface area contributed by atoms with Gasteiger partial charge in [0.05, 0.1) is 5.91 Å². The van der Waals surface area contributed by atoms with Crippen LogP contribution in [-0.2, 0) is 24.3 Å². The molecule has 0 unspecified atom stereocenters. The molecule has 0 aliphatic carbocycles. The molecule has 0 bridgehead atoms. The molecule has 0 N–H and O–H groups in total. The van der Waals surface area contributed by atoms with Crippen molar-refractivity contribution >= 4 is 11.6 Å². The molecule has 0 spiro atoms. The third-order valence-corrected chi connectivity index (χ3v) is 3.23. The van der Waals surface area contributed by atoms with Crippen LogP contribution < -0.4 is 0 Å². The molecule has 0 heterocycles. The van der Waals surface area contributed by atoms with Gasteiger partial charge in [0, 0.05) is 0 Å². The van der Waals surface area contributed by atoms with E-state index in [-0.39, 0.29) is 47.7 Å². The molecule has 1 amide bonds. The van der Waals surface area contributed by atoms with E-state index in [0.29, 0.717) is 0 Å². The van der Waals surface area contributed by atoms with E-state index < -0.39 is 0 Å². The van der Waals surface area contributed by atoms with Crippen molar-refractivity contribution in [2.24, 2.45) is 0 Å². The summed E-state index contributed by atoms with van der Waals surface area (Å²) in [5, 5.41) is 4.08. The fraction of sp³-hybridized carbons (Fsp3) is 0.438. The first-order valence-corrected chi connectivity index (χ1v) is 5.15. The third kappa shape index (κ3) is 5.44. The molecule has 0 saturated carbocycles. The summed E-state index contributed by atoms with van der Waals surface area (Å²) < 4.78 is 0. The predicted octanol–water partition coefficient (Wildman–Crippen LogP) is 5.31. The van der Waals surface area contributed by atoms with E-state index in [0.717, 1.165) is 16.8 Å². The molecule has 1 rings (SSSR count). The van der Waals surface area contributed by atoms with Crippen molar-refractivity contribution in [2.75, 3.05) is 0 Å². The molecule has 0 aliphatic rings. The van der Waals surface area contributed by atoms with Crippen LogP contribution in [0.3, 0.4) is 0 Å². The maximum absolute atomic E-state index is 11.1. The summed E-state index contributed by atoms with van der Waals surface area (Å²) in [6.45, 7) is 11.8. The fourth-order valence-corrected chi connectivity index (χ4v) is 1.81. The number of hydrogen-bond donors (Lipinski definition) is 0. The summed E-state index contributed by atoms with van der Waals surface area (Å²) in [6, 6.07) is 0. The molecule has 1 radical (unpaired) electrons. The number of carbonyl (C=O) groups is 1. The van der Waals surface area contributed by atoms with Gasteiger partial charge in [-0.15, -0.1) is 5.69 Å². The van der Waals surface area contributed by atoms with Gasteiger partial charge in [0.2, 0.25) is 0 Å². The first-order chi connectivity index (χ1) is 6.86. The Labute approximate surface area is 133 Å².